The molecule has 2 aromatic heterocycles. The summed E-state index contributed by atoms with van der Waals surface area (Å²) < 4.78 is 42.3. The third-order valence-corrected chi connectivity index (χ3v) is 4.97. The van der Waals surface area contributed by atoms with Gasteiger partial charge in [0.05, 0.1) is 30.4 Å². The summed E-state index contributed by atoms with van der Waals surface area (Å²) in [5.41, 5.74) is 3.41. The zero-order chi connectivity index (χ0) is 21.9. The lowest BCUT2D eigenvalue weighted by atomic mass is 9.92. The minimum atomic E-state index is -5.08. The number of rotatable bonds is 3. The standard InChI is InChI=1S/C17H18N2O4.C2HF3O2/c20-17(21)15-14-1-4-19(13-3-6-23-10-13)8-12(14)7-18-16(15)11-2-5-22-9-11;3-2(4,5)1(6)7/h2,5,7,9,13H,1,3-4,6,8,10H2,(H,20,21);(H,6,7). The minimum absolute atomic E-state index is 0.311. The molecule has 1 fully saturated rings. The van der Waals surface area contributed by atoms with Crippen molar-refractivity contribution in [2.75, 3.05) is 19.8 Å². The summed E-state index contributed by atoms with van der Waals surface area (Å²) in [5, 5.41) is 16.8. The second-order valence-corrected chi connectivity index (χ2v) is 6.84. The van der Waals surface area contributed by atoms with Crippen LogP contribution in [0.2, 0.25) is 0 Å². The van der Waals surface area contributed by atoms with Gasteiger partial charge in [-0.05, 0) is 30.0 Å². The molecule has 0 spiro atoms. The summed E-state index contributed by atoms with van der Waals surface area (Å²) in [5.74, 6) is -3.68. The lowest BCUT2D eigenvalue weighted by Gasteiger charge is -2.33. The number of furan rings is 1. The van der Waals surface area contributed by atoms with Gasteiger partial charge in [0.25, 0.3) is 0 Å². The highest BCUT2D eigenvalue weighted by atomic mass is 19.4. The highest BCUT2D eigenvalue weighted by Gasteiger charge is 2.38. The average molecular weight is 428 g/mol. The van der Waals surface area contributed by atoms with Crippen molar-refractivity contribution in [3.05, 3.63) is 41.5 Å². The number of fused-ring (bicyclic) bond motifs is 1. The number of aromatic nitrogens is 1. The number of hydrogen-bond donors (Lipinski definition) is 2. The van der Waals surface area contributed by atoms with E-state index in [0.717, 1.165) is 50.3 Å². The average Bonchev–Trinajstić information content (AvgIpc) is 3.40. The van der Waals surface area contributed by atoms with E-state index >= 15 is 0 Å². The molecule has 0 amide bonds. The zero-order valence-corrected chi connectivity index (χ0v) is 15.7. The van der Waals surface area contributed by atoms with E-state index in [2.05, 4.69) is 9.88 Å². The first-order chi connectivity index (χ1) is 14.2. The van der Waals surface area contributed by atoms with Gasteiger partial charge < -0.3 is 19.4 Å². The Hall–Kier alpha value is -2.92. The van der Waals surface area contributed by atoms with Gasteiger partial charge in [0, 0.05) is 37.5 Å². The van der Waals surface area contributed by atoms with Crippen LogP contribution in [-0.4, -0.2) is 64.0 Å². The molecule has 162 valence electrons. The number of alkyl halides is 3. The summed E-state index contributed by atoms with van der Waals surface area (Å²) in [6, 6.07) is 2.18. The molecule has 0 bridgehead atoms. The van der Waals surface area contributed by atoms with Gasteiger partial charge in [0.2, 0.25) is 0 Å². The van der Waals surface area contributed by atoms with Crippen LogP contribution < -0.4 is 0 Å². The third-order valence-electron chi connectivity index (χ3n) is 4.97. The maximum absolute atomic E-state index is 11.8. The predicted octanol–water partition coefficient (Wildman–Crippen LogP) is 2.82. The molecule has 4 rings (SSSR count). The molecule has 0 radical (unpaired) electrons. The van der Waals surface area contributed by atoms with Crippen LogP contribution in [0.25, 0.3) is 11.3 Å². The molecule has 4 heterocycles. The van der Waals surface area contributed by atoms with Gasteiger partial charge in [-0.2, -0.15) is 13.2 Å². The van der Waals surface area contributed by atoms with Crippen molar-refractivity contribution < 1.29 is 42.1 Å². The van der Waals surface area contributed by atoms with E-state index in [1.807, 2.05) is 6.20 Å². The number of carboxylic acids is 2. The first-order valence-electron chi connectivity index (χ1n) is 9.07. The molecule has 2 aliphatic rings. The lowest BCUT2D eigenvalue weighted by Crippen LogP contribution is -2.40. The van der Waals surface area contributed by atoms with E-state index in [9.17, 15) is 23.1 Å². The zero-order valence-electron chi connectivity index (χ0n) is 15.7. The SMILES string of the molecule is O=C(O)C(F)(F)F.O=C(O)c1c(-c2ccoc2)ncc2c1CCN(C1CCOC1)C2. The van der Waals surface area contributed by atoms with Crippen molar-refractivity contribution in [2.45, 2.75) is 31.6 Å². The van der Waals surface area contributed by atoms with Crippen LogP contribution in [-0.2, 0) is 22.5 Å². The Bertz CT molecular complexity index is 908. The molecule has 8 nitrogen and oxygen atoms in total. The fraction of sp³-hybridized carbons (Fsp3) is 0.421. The van der Waals surface area contributed by atoms with E-state index < -0.39 is 18.1 Å². The molecular weight excluding hydrogens is 409 g/mol. The van der Waals surface area contributed by atoms with Gasteiger partial charge in [0.15, 0.2) is 0 Å². The van der Waals surface area contributed by atoms with Crippen molar-refractivity contribution in [3.8, 4) is 11.3 Å². The first-order valence-corrected chi connectivity index (χ1v) is 9.07. The van der Waals surface area contributed by atoms with Crippen molar-refractivity contribution in [3.63, 3.8) is 0 Å². The van der Waals surface area contributed by atoms with E-state index in [1.54, 1.807) is 6.07 Å². The fourth-order valence-electron chi connectivity index (χ4n) is 3.53. The molecule has 1 atom stereocenters. The Kier molecular flexibility index (Phi) is 6.42. The quantitative estimate of drug-likeness (QED) is 0.768. The molecule has 2 N–H and O–H groups in total. The third kappa shape index (κ3) is 4.79. The van der Waals surface area contributed by atoms with Crippen LogP contribution in [0.4, 0.5) is 13.2 Å². The van der Waals surface area contributed by atoms with Crippen LogP contribution in [0.3, 0.4) is 0 Å². The summed E-state index contributed by atoms with van der Waals surface area (Å²) in [6.45, 7) is 3.17. The number of carbonyl (C=O) groups is 2. The number of ether oxygens (including phenoxy) is 1. The summed E-state index contributed by atoms with van der Waals surface area (Å²) >= 11 is 0. The van der Waals surface area contributed by atoms with E-state index in [4.69, 9.17) is 19.1 Å². The summed E-state index contributed by atoms with van der Waals surface area (Å²) in [6.07, 6.45) is 1.56. The number of carboxylic acid groups (broad SMARTS) is 2. The monoisotopic (exact) mass is 428 g/mol. The van der Waals surface area contributed by atoms with Crippen molar-refractivity contribution in [1.82, 2.24) is 9.88 Å². The summed E-state index contributed by atoms with van der Waals surface area (Å²) in [7, 11) is 0. The Morgan fingerprint density at radius 3 is 2.53 bits per heavy atom. The van der Waals surface area contributed by atoms with Gasteiger partial charge >= 0.3 is 18.1 Å². The molecule has 1 saturated heterocycles. The number of aromatic carboxylic acids is 1. The van der Waals surface area contributed by atoms with Gasteiger partial charge in [-0.15, -0.1) is 0 Å². The molecule has 0 saturated carbocycles. The lowest BCUT2D eigenvalue weighted by molar-refractivity contribution is -0.192. The van der Waals surface area contributed by atoms with Gasteiger partial charge in [-0.1, -0.05) is 0 Å². The molecule has 11 heteroatoms. The highest BCUT2D eigenvalue weighted by Crippen LogP contribution is 2.31. The Balaban J connectivity index is 0.000000318. The number of hydrogen-bond acceptors (Lipinski definition) is 6. The van der Waals surface area contributed by atoms with E-state index in [0.29, 0.717) is 22.9 Å². The Morgan fingerprint density at radius 2 is 2.00 bits per heavy atom. The molecular formula is C19H19F3N2O6. The number of halogens is 3. The summed E-state index contributed by atoms with van der Waals surface area (Å²) in [4.78, 5) is 27.5. The predicted molar refractivity (Wildman–Crippen MR) is 95.9 cm³/mol. The Morgan fingerprint density at radius 1 is 1.27 bits per heavy atom. The van der Waals surface area contributed by atoms with E-state index in [-0.39, 0.29) is 0 Å². The molecule has 2 aromatic rings. The van der Waals surface area contributed by atoms with Gasteiger partial charge in [0.1, 0.15) is 0 Å². The van der Waals surface area contributed by atoms with Crippen LogP contribution in [0, 0.1) is 0 Å². The maximum Gasteiger partial charge on any atom is 0.490 e. The van der Waals surface area contributed by atoms with Crippen molar-refractivity contribution >= 4 is 11.9 Å². The fourth-order valence-corrected chi connectivity index (χ4v) is 3.53. The van der Waals surface area contributed by atoms with Crippen molar-refractivity contribution in [1.29, 1.82) is 0 Å². The second kappa shape index (κ2) is 8.84. The Labute approximate surface area is 168 Å². The smallest absolute Gasteiger partial charge is 0.478 e. The largest absolute Gasteiger partial charge is 0.490 e. The number of pyridine rings is 1. The van der Waals surface area contributed by atoms with Gasteiger partial charge in [-0.3, -0.25) is 9.88 Å². The minimum Gasteiger partial charge on any atom is -0.478 e. The van der Waals surface area contributed by atoms with Crippen LogP contribution >= 0.6 is 0 Å². The van der Waals surface area contributed by atoms with Crippen LogP contribution in [0.1, 0.15) is 27.9 Å². The maximum atomic E-state index is 11.8. The van der Waals surface area contributed by atoms with Gasteiger partial charge in [-0.25, -0.2) is 9.59 Å². The molecule has 0 aliphatic carbocycles. The number of nitrogens with zero attached hydrogens (tertiary/aromatic N) is 2. The molecule has 1 unspecified atom stereocenters. The highest BCUT2D eigenvalue weighted by molar-refractivity contribution is 5.96. The molecule has 30 heavy (non-hydrogen) atoms. The number of aliphatic carboxylic acids is 1. The second-order valence-electron chi connectivity index (χ2n) is 6.84. The van der Waals surface area contributed by atoms with Crippen LogP contribution in [0.15, 0.2) is 29.2 Å². The molecule has 2 aliphatic heterocycles. The molecule has 0 aromatic carbocycles. The van der Waals surface area contributed by atoms with Crippen molar-refractivity contribution in [2.24, 2.45) is 0 Å². The van der Waals surface area contributed by atoms with E-state index in [1.165, 1.54) is 12.5 Å². The normalized spacial score (nSPS) is 19.0. The first kappa shape index (κ1) is 21.8. The van der Waals surface area contributed by atoms with Crippen LogP contribution in [0.5, 0.6) is 0 Å². The topological polar surface area (TPSA) is 113 Å².